The number of amides is 1. The van der Waals surface area contributed by atoms with E-state index in [2.05, 4.69) is 31.3 Å². The number of benzene rings is 1. The SMILES string of the molecule is CCC[C@H](C)NC(=O)CCCc1ccccc1. The number of carbonyl (C=O) groups is 1. The summed E-state index contributed by atoms with van der Waals surface area (Å²) in [4.78, 5) is 11.6. The van der Waals surface area contributed by atoms with Crippen molar-refractivity contribution in [2.24, 2.45) is 0 Å². The van der Waals surface area contributed by atoms with Crippen molar-refractivity contribution in [2.75, 3.05) is 0 Å². The van der Waals surface area contributed by atoms with Crippen molar-refractivity contribution >= 4 is 5.91 Å². The van der Waals surface area contributed by atoms with Crippen LogP contribution in [-0.2, 0) is 11.2 Å². The van der Waals surface area contributed by atoms with Crippen molar-refractivity contribution in [3.63, 3.8) is 0 Å². The first-order valence-corrected chi connectivity index (χ1v) is 6.55. The van der Waals surface area contributed by atoms with Gasteiger partial charge in [0.05, 0.1) is 0 Å². The Bertz CT molecular complexity index is 321. The second kappa shape index (κ2) is 7.88. The van der Waals surface area contributed by atoms with Crippen LogP contribution in [0.2, 0.25) is 0 Å². The van der Waals surface area contributed by atoms with Gasteiger partial charge in [0.25, 0.3) is 0 Å². The zero-order valence-electron chi connectivity index (χ0n) is 10.9. The summed E-state index contributed by atoms with van der Waals surface area (Å²) < 4.78 is 0. The van der Waals surface area contributed by atoms with Gasteiger partial charge in [0.2, 0.25) is 5.91 Å². The highest BCUT2D eigenvalue weighted by Crippen LogP contribution is 2.05. The van der Waals surface area contributed by atoms with Crippen LogP contribution < -0.4 is 5.32 Å². The lowest BCUT2D eigenvalue weighted by atomic mass is 10.1. The van der Waals surface area contributed by atoms with Gasteiger partial charge in [-0.1, -0.05) is 43.7 Å². The van der Waals surface area contributed by atoms with Gasteiger partial charge in [-0.25, -0.2) is 0 Å². The number of hydrogen-bond acceptors (Lipinski definition) is 1. The molecule has 0 radical (unpaired) electrons. The van der Waals surface area contributed by atoms with E-state index < -0.39 is 0 Å². The molecule has 0 heterocycles. The molecule has 0 bridgehead atoms. The fourth-order valence-corrected chi connectivity index (χ4v) is 1.95. The first-order chi connectivity index (χ1) is 8.22. The number of aryl methyl sites for hydroxylation is 1. The van der Waals surface area contributed by atoms with Crippen molar-refractivity contribution in [2.45, 2.75) is 52.0 Å². The highest BCUT2D eigenvalue weighted by atomic mass is 16.1. The van der Waals surface area contributed by atoms with E-state index in [1.807, 2.05) is 18.2 Å². The summed E-state index contributed by atoms with van der Waals surface area (Å²) in [5.74, 6) is 0.182. The van der Waals surface area contributed by atoms with Gasteiger partial charge in [0.1, 0.15) is 0 Å². The van der Waals surface area contributed by atoms with Gasteiger partial charge in [0, 0.05) is 12.5 Å². The van der Waals surface area contributed by atoms with E-state index in [0.29, 0.717) is 12.5 Å². The number of hydrogen-bond donors (Lipinski definition) is 1. The maximum Gasteiger partial charge on any atom is 0.220 e. The van der Waals surface area contributed by atoms with Crippen LogP contribution in [-0.4, -0.2) is 11.9 Å². The Kier molecular flexibility index (Phi) is 6.38. The van der Waals surface area contributed by atoms with Crippen molar-refractivity contribution in [3.05, 3.63) is 35.9 Å². The van der Waals surface area contributed by atoms with Crippen molar-refractivity contribution in [1.29, 1.82) is 0 Å². The fraction of sp³-hybridized carbons (Fsp3) is 0.533. The van der Waals surface area contributed by atoms with Gasteiger partial charge >= 0.3 is 0 Å². The monoisotopic (exact) mass is 233 g/mol. The Morgan fingerprint density at radius 1 is 1.29 bits per heavy atom. The smallest absolute Gasteiger partial charge is 0.220 e. The number of carbonyl (C=O) groups excluding carboxylic acids is 1. The van der Waals surface area contributed by atoms with Gasteiger partial charge < -0.3 is 5.32 Å². The normalized spacial score (nSPS) is 12.1. The van der Waals surface area contributed by atoms with E-state index in [0.717, 1.165) is 25.7 Å². The van der Waals surface area contributed by atoms with E-state index in [1.165, 1.54) is 5.56 Å². The maximum absolute atomic E-state index is 11.6. The third-order valence-electron chi connectivity index (χ3n) is 2.84. The highest BCUT2D eigenvalue weighted by molar-refractivity contribution is 5.76. The topological polar surface area (TPSA) is 29.1 Å². The molecule has 2 heteroatoms. The largest absolute Gasteiger partial charge is 0.354 e. The zero-order valence-corrected chi connectivity index (χ0v) is 10.9. The summed E-state index contributed by atoms with van der Waals surface area (Å²) in [7, 11) is 0. The fourth-order valence-electron chi connectivity index (χ4n) is 1.95. The quantitative estimate of drug-likeness (QED) is 0.769. The molecule has 2 nitrogen and oxygen atoms in total. The second-order valence-electron chi connectivity index (χ2n) is 4.60. The summed E-state index contributed by atoms with van der Waals surface area (Å²) in [6.45, 7) is 4.21. The molecule has 0 aliphatic carbocycles. The first-order valence-electron chi connectivity index (χ1n) is 6.55. The molecule has 0 unspecified atom stereocenters. The minimum absolute atomic E-state index is 0.182. The summed E-state index contributed by atoms with van der Waals surface area (Å²) in [5, 5.41) is 3.03. The molecule has 1 aromatic carbocycles. The first kappa shape index (κ1) is 13.8. The van der Waals surface area contributed by atoms with Crippen molar-refractivity contribution in [1.82, 2.24) is 5.32 Å². The Morgan fingerprint density at radius 2 is 2.00 bits per heavy atom. The molecule has 0 saturated heterocycles. The van der Waals surface area contributed by atoms with E-state index in [-0.39, 0.29) is 5.91 Å². The Labute approximate surface area is 104 Å². The lowest BCUT2D eigenvalue weighted by molar-refractivity contribution is -0.121. The van der Waals surface area contributed by atoms with Gasteiger partial charge in [-0.05, 0) is 31.7 Å². The molecule has 94 valence electrons. The predicted molar refractivity (Wildman–Crippen MR) is 71.9 cm³/mol. The summed E-state index contributed by atoms with van der Waals surface area (Å²) in [6.07, 6.45) is 4.71. The Hall–Kier alpha value is -1.31. The van der Waals surface area contributed by atoms with Crippen LogP contribution in [0.3, 0.4) is 0 Å². The summed E-state index contributed by atoms with van der Waals surface area (Å²) >= 11 is 0. The molecule has 0 aliphatic heterocycles. The van der Waals surface area contributed by atoms with Crippen LogP contribution in [0, 0.1) is 0 Å². The second-order valence-corrected chi connectivity index (χ2v) is 4.60. The molecule has 0 saturated carbocycles. The van der Waals surface area contributed by atoms with Crippen LogP contribution in [0.1, 0.15) is 45.1 Å². The predicted octanol–water partition coefficient (Wildman–Crippen LogP) is 3.31. The van der Waals surface area contributed by atoms with Crippen LogP contribution >= 0.6 is 0 Å². The molecule has 17 heavy (non-hydrogen) atoms. The molecule has 1 rings (SSSR count). The van der Waals surface area contributed by atoms with Gasteiger partial charge in [-0.2, -0.15) is 0 Å². The molecule has 0 spiro atoms. The van der Waals surface area contributed by atoms with E-state index >= 15 is 0 Å². The van der Waals surface area contributed by atoms with E-state index in [4.69, 9.17) is 0 Å². The minimum Gasteiger partial charge on any atom is -0.354 e. The minimum atomic E-state index is 0.182. The maximum atomic E-state index is 11.6. The number of rotatable bonds is 7. The molecule has 1 aromatic rings. The Morgan fingerprint density at radius 3 is 2.65 bits per heavy atom. The molecule has 1 N–H and O–H groups in total. The van der Waals surface area contributed by atoms with Crippen LogP contribution in [0.25, 0.3) is 0 Å². The molecule has 1 atom stereocenters. The zero-order chi connectivity index (χ0) is 12.5. The molecule has 1 amide bonds. The van der Waals surface area contributed by atoms with Crippen LogP contribution in [0.5, 0.6) is 0 Å². The third-order valence-corrected chi connectivity index (χ3v) is 2.84. The van der Waals surface area contributed by atoms with Crippen molar-refractivity contribution < 1.29 is 4.79 Å². The molecule has 0 aliphatic rings. The lowest BCUT2D eigenvalue weighted by Crippen LogP contribution is -2.32. The summed E-state index contributed by atoms with van der Waals surface area (Å²) in [5.41, 5.74) is 1.31. The lowest BCUT2D eigenvalue weighted by Gasteiger charge is -2.12. The molecule has 0 aromatic heterocycles. The third kappa shape index (κ3) is 6.10. The molecular weight excluding hydrogens is 210 g/mol. The van der Waals surface area contributed by atoms with Crippen LogP contribution in [0.15, 0.2) is 30.3 Å². The van der Waals surface area contributed by atoms with Crippen LogP contribution in [0.4, 0.5) is 0 Å². The molecular formula is C15H23NO. The Balaban J connectivity index is 2.16. The summed E-state index contributed by atoms with van der Waals surface area (Å²) in [6, 6.07) is 10.6. The van der Waals surface area contributed by atoms with E-state index in [1.54, 1.807) is 0 Å². The van der Waals surface area contributed by atoms with Gasteiger partial charge in [0.15, 0.2) is 0 Å². The van der Waals surface area contributed by atoms with E-state index in [9.17, 15) is 4.79 Å². The number of nitrogens with one attached hydrogen (secondary N) is 1. The highest BCUT2D eigenvalue weighted by Gasteiger charge is 2.05. The average molecular weight is 233 g/mol. The standard InChI is InChI=1S/C15H23NO/c1-3-8-13(2)16-15(17)12-7-11-14-9-5-4-6-10-14/h4-6,9-10,13H,3,7-8,11-12H2,1-2H3,(H,16,17)/t13-/m0/s1. The molecule has 0 fully saturated rings. The van der Waals surface area contributed by atoms with Crippen molar-refractivity contribution in [3.8, 4) is 0 Å². The average Bonchev–Trinajstić information content (AvgIpc) is 2.30. The van der Waals surface area contributed by atoms with Gasteiger partial charge in [-0.15, -0.1) is 0 Å². The van der Waals surface area contributed by atoms with Gasteiger partial charge in [-0.3, -0.25) is 4.79 Å².